The number of hydrogen-bond acceptors (Lipinski definition) is 2. The van der Waals surface area contributed by atoms with Crippen LogP contribution in [-0.4, -0.2) is 5.11 Å². The van der Waals surface area contributed by atoms with E-state index in [0.717, 1.165) is 11.1 Å². The van der Waals surface area contributed by atoms with E-state index in [1.54, 1.807) is 18.2 Å². The summed E-state index contributed by atoms with van der Waals surface area (Å²) in [6.45, 7) is 2.38. The van der Waals surface area contributed by atoms with Gasteiger partial charge in [0.2, 0.25) is 0 Å². The van der Waals surface area contributed by atoms with Crippen molar-refractivity contribution in [1.29, 1.82) is 0 Å². The van der Waals surface area contributed by atoms with E-state index in [9.17, 15) is 5.11 Å². The molecule has 2 aromatic carbocycles. The zero-order valence-corrected chi connectivity index (χ0v) is 10.2. The molecule has 0 fully saturated rings. The lowest BCUT2D eigenvalue weighted by molar-refractivity contribution is 0.305. The lowest BCUT2D eigenvalue weighted by Gasteiger charge is -2.10. The van der Waals surface area contributed by atoms with Crippen LogP contribution in [0.2, 0.25) is 5.02 Å². The van der Waals surface area contributed by atoms with Crippen molar-refractivity contribution < 1.29 is 9.84 Å². The molecular formula is C14H13ClO2. The van der Waals surface area contributed by atoms with E-state index in [4.69, 9.17) is 16.3 Å². The van der Waals surface area contributed by atoms with Crippen LogP contribution in [0, 0.1) is 6.92 Å². The average molecular weight is 249 g/mol. The Morgan fingerprint density at radius 3 is 2.65 bits per heavy atom. The van der Waals surface area contributed by atoms with Crippen molar-refractivity contribution in [3.63, 3.8) is 0 Å². The topological polar surface area (TPSA) is 29.5 Å². The number of hydrogen-bond donors (Lipinski definition) is 1. The minimum absolute atomic E-state index is 0.268. The third kappa shape index (κ3) is 2.92. The van der Waals surface area contributed by atoms with Crippen LogP contribution in [0.4, 0.5) is 0 Å². The fraction of sp³-hybridized carbons (Fsp3) is 0.143. The number of para-hydroxylation sites is 1. The van der Waals surface area contributed by atoms with Gasteiger partial charge in [-0.2, -0.15) is 0 Å². The first kappa shape index (κ1) is 11.8. The predicted octanol–water partition coefficient (Wildman–Crippen LogP) is 3.93. The van der Waals surface area contributed by atoms with Crippen LogP contribution < -0.4 is 4.74 Å². The number of rotatable bonds is 3. The maximum Gasteiger partial charge on any atom is 0.138 e. The number of halogens is 1. The summed E-state index contributed by atoms with van der Waals surface area (Å²) >= 11 is 5.99. The van der Waals surface area contributed by atoms with Crippen molar-refractivity contribution in [2.45, 2.75) is 13.5 Å². The first-order chi connectivity index (χ1) is 8.16. The SMILES string of the molecule is Cc1cc(O)ccc1COc1ccccc1Cl. The maximum atomic E-state index is 9.30. The Bertz CT molecular complexity index is 523. The van der Waals surface area contributed by atoms with Gasteiger partial charge in [0.1, 0.15) is 18.1 Å². The van der Waals surface area contributed by atoms with Gasteiger partial charge >= 0.3 is 0 Å². The third-order valence-corrected chi connectivity index (χ3v) is 2.86. The summed E-state index contributed by atoms with van der Waals surface area (Å²) in [4.78, 5) is 0. The van der Waals surface area contributed by atoms with Gasteiger partial charge < -0.3 is 9.84 Å². The summed E-state index contributed by atoms with van der Waals surface area (Å²) in [7, 11) is 0. The van der Waals surface area contributed by atoms with E-state index in [-0.39, 0.29) is 5.75 Å². The van der Waals surface area contributed by atoms with Crippen LogP contribution in [0.15, 0.2) is 42.5 Å². The Kier molecular flexibility index (Phi) is 3.55. The fourth-order valence-corrected chi connectivity index (χ4v) is 1.75. The molecule has 2 aromatic rings. The van der Waals surface area contributed by atoms with Gasteiger partial charge in [-0.25, -0.2) is 0 Å². The van der Waals surface area contributed by atoms with Gasteiger partial charge in [0.25, 0.3) is 0 Å². The molecule has 0 heterocycles. The molecule has 0 amide bonds. The molecule has 3 heteroatoms. The second-order valence-electron chi connectivity index (χ2n) is 3.83. The zero-order chi connectivity index (χ0) is 12.3. The van der Waals surface area contributed by atoms with E-state index in [0.29, 0.717) is 17.4 Å². The Morgan fingerprint density at radius 1 is 1.18 bits per heavy atom. The molecule has 2 rings (SSSR count). The molecule has 0 aliphatic carbocycles. The largest absolute Gasteiger partial charge is 0.508 e. The van der Waals surface area contributed by atoms with Crippen LogP contribution in [0.1, 0.15) is 11.1 Å². The molecule has 0 aliphatic heterocycles. The first-order valence-corrected chi connectivity index (χ1v) is 5.70. The Morgan fingerprint density at radius 2 is 1.94 bits per heavy atom. The second-order valence-corrected chi connectivity index (χ2v) is 4.24. The quantitative estimate of drug-likeness (QED) is 0.892. The van der Waals surface area contributed by atoms with Crippen molar-refractivity contribution in [1.82, 2.24) is 0 Å². The van der Waals surface area contributed by atoms with Gasteiger partial charge in [-0.15, -0.1) is 0 Å². The van der Waals surface area contributed by atoms with Gasteiger partial charge in [0.15, 0.2) is 0 Å². The zero-order valence-electron chi connectivity index (χ0n) is 9.48. The lowest BCUT2D eigenvalue weighted by atomic mass is 10.1. The number of phenols is 1. The maximum absolute atomic E-state index is 9.30. The van der Waals surface area contributed by atoms with Gasteiger partial charge in [0, 0.05) is 0 Å². The monoisotopic (exact) mass is 248 g/mol. The van der Waals surface area contributed by atoms with Crippen molar-refractivity contribution in [2.75, 3.05) is 0 Å². The summed E-state index contributed by atoms with van der Waals surface area (Å²) in [6.07, 6.45) is 0. The average Bonchev–Trinajstić information content (AvgIpc) is 2.30. The molecule has 1 N–H and O–H groups in total. The van der Waals surface area contributed by atoms with Crippen LogP contribution in [0.5, 0.6) is 11.5 Å². The van der Waals surface area contributed by atoms with Crippen molar-refractivity contribution >= 4 is 11.6 Å². The molecule has 0 radical (unpaired) electrons. The van der Waals surface area contributed by atoms with Crippen molar-refractivity contribution in [3.8, 4) is 11.5 Å². The highest BCUT2D eigenvalue weighted by Crippen LogP contribution is 2.25. The van der Waals surface area contributed by atoms with E-state index >= 15 is 0 Å². The molecule has 0 aliphatic rings. The molecule has 88 valence electrons. The lowest BCUT2D eigenvalue weighted by Crippen LogP contribution is -1.98. The molecule has 0 unspecified atom stereocenters. The van der Waals surface area contributed by atoms with Crippen LogP contribution in [0.25, 0.3) is 0 Å². The van der Waals surface area contributed by atoms with Gasteiger partial charge in [0.05, 0.1) is 5.02 Å². The first-order valence-electron chi connectivity index (χ1n) is 5.32. The van der Waals surface area contributed by atoms with Crippen LogP contribution >= 0.6 is 11.6 Å². The predicted molar refractivity (Wildman–Crippen MR) is 68.6 cm³/mol. The van der Waals surface area contributed by atoms with E-state index in [1.807, 2.05) is 31.2 Å². The Balaban J connectivity index is 2.10. The van der Waals surface area contributed by atoms with Crippen LogP contribution in [-0.2, 0) is 6.61 Å². The van der Waals surface area contributed by atoms with Crippen molar-refractivity contribution in [3.05, 3.63) is 58.6 Å². The summed E-state index contributed by atoms with van der Waals surface area (Å²) in [5.41, 5.74) is 2.03. The Labute approximate surface area is 105 Å². The Hall–Kier alpha value is -1.67. The minimum atomic E-state index is 0.268. The van der Waals surface area contributed by atoms with Gasteiger partial charge in [-0.1, -0.05) is 29.8 Å². The van der Waals surface area contributed by atoms with E-state index in [2.05, 4.69) is 0 Å². The molecule has 0 saturated heterocycles. The fourth-order valence-electron chi connectivity index (χ4n) is 1.56. The van der Waals surface area contributed by atoms with E-state index < -0.39 is 0 Å². The van der Waals surface area contributed by atoms with Gasteiger partial charge in [-0.05, 0) is 42.3 Å². The molecular weight excluding hydrogens is 236 g/mol. The standard InChI is InChI=1S/C14H13ClO2/c1-10-8-12(16)7-6-11(10)9-17-14-5-3-2-4-13(14)15/h2-8,16H,9H2,1H3. The normalized spacial score (nSPS) is 10.2. The van der Waals surface area contributed by atoms with Crippen LogP contribution in [0.3, 0.4) is 0 Å². The number of aryl methyl sites for hydroxylation is 1. The molecule has 0 saturated carbocycles. The molecule has 2 nitrogen and oxygen atoms in total. The second kappa shape index (κ2) is 5.11. The highest BCUT2D eigenvalue weighted by atomic mass is 35.5. The molecule has 0 aromatic heterocycles. The third-order valence-electron chi connectivity index (χ3n) is 2.55. The smallest absolute Gasteiger partial charge is 0.138 e. The van der Waals surface area contributed by atoms with Gasteiger partial charge in [-0.3, -0.25) is 0 Å². The molecule has 0 spiro atoms. The van der Waals surface area contributed by atoms with E-state index in [1.165, 1.54) is 0 Å². The number of aromatic hydroxyl groups is 1. The molecule has 0 bridgehead atoms. The summed E-state index contributed by atoms with van der Waals surface area (Å²) in [5.74, 6) is 0.936. The molecule has 0 atom stereocenters. The number of phenolic OH excluding ortho intramolecular Hbond substituents is 1. The summed E-state index contributed by atoms with van der Waals surface area (Å²) in [5, 5.41) is 9.91. The molecule has 17 heavy (non-hydrogen) atoms. The highest BCUT2D eigenvalue weighted by molar-refractivity contribution is 6.32. The number of ether oxygens (including phenoxy) is 1. The summed E-state index contributed by atoms with van der Waals surface area (Å²) < 4.78 is 5.63. The van der Waals surface area contributed by atoms with Crippen molar-refractivity contribution in [2.24, 2.45) is 0 Å². The number of benzene rings is 2. The highest BCUT2D eigenvalue weighted by Gasteiger charge is 2.03. The minimum Gasteiger partial charge on any atom is -0.508 e. The summed E-state index contributed by atoms with van der Waals surface area (Å²) in [6, 6.07) is 12.6.